The van der Waals surface area contributed by atoms with Gasteiger partial charge in [0.25, 0.3) is 0 Å². The molecule has 1 aromatic carbocycles. The van der Waals surface area contributed by atoms with E-state index in [0.717, 1.165) is 12.0 Å². The Morgan fingerprint density at radius 2 is 2.11 bits per heavy atom. The topological polar surface area (TPSA) is 55.6 Å². The summed E-state index contributed by atoms with van der Waals surface area (Å²) >= 11 is 0. The molecule has 1 heterocycles. The first-order valence-electron chi connectivity index (χ1n) is 6.86. The third-order valence-electron chi connectivity index (χ3n) is 3.52. The van der Waals surface area contributed by atoms with Crippen molar-refractivity contribution in [2.24, 2.45) is 5.73 Å². The Morgan fingerprint density at radius 3 is 2.74 bits per heavy atom. The summed E-state index contributed by atoms with van der Waals surface area (Å²) in [5, 5.41) is 0. The Morgan fingerprint density at radius 1 is 1.42 bits per heavy atom. The van der Waals surface area contributed by atoms with Gasteiger partial charge in [-0.3, -0.25) is 4.79 Å². The molecule has 0 bridgehead atoms. The quantitative estimate of drug-likeness (QED) is 0.902. The molecule has 19 heavy (non-hydrogen) atoms. The zero-order chi connectivity index (χ0) is 13.8. The van der Waals surface area contributed by atoms with Crippen LogP contribution >= 0.6 is 0 Å². The maximum Gasteiger partial charge on any atom is 0.244 e. The van der Waals surface area contributed by atoms with Crippen molar-refractivity contribution in [2.75, 3.05) is 13.1 Å². The fourth-order valence-electron chi connectivity index (χ4n) is 2.45. The molecule has 1 aliphatic heterocycles. The summed E-state index contributed by atoms with van der Waals surface area (Å²) in [4.78, 5) is 14.3. The number of rotatable bonds is 3. The second kappa shape index (κ2) is 6.17. The van der Waals surface area contributed by atoms with E-state index in [1.54, 1.807) is 0 Å². The molecule has 1 amide bonds. The maximum absolute atomic E-state index is 12.5. The smallest absolute Gasteiger partial charge is 0.244 e. The summed E-state index contributed by atoms with van der Waals surface area (Å²) in [5.41, 5.74) is 6.93. The molecule has 0 spiro atoms. The maximum atomic E-state index is 12.5. The van der Waals surface area contributed by atoms with Crippen molar-refractivity contribution in [2.45, 2.75) is 38.5 Å². The average Bonchev–Trinajstić information content (AvgIpc) is 2.46. The first-order chi connectivity index (χ1) is 9.11. The summed E-state index contributed by atoms with van der Waals surface area (Å²) in [7, 11) is 0. The number of hydrogen-bond acceptors (Lipinski definition) is 3. The van der Waals surface area contributed by atoms with E-state index in [2.05, 4.69) is 6.92 Å². The van der Waals surface area contributed by atoms with Crippen molar-refractivity contribution >= 4 is 5.91 Å². The van der Waals surface area contributed by atoms with Crippen LogP contribution < -0.4 is 5.73 Å². The van der Waals surface area contributed by atoms with Crippen LogP contribution in [0.15, 0.2) is 30.3 Å². The molecule has 4 heteroatoms. The van der Waals surface area contributed by atoms with Gasteiger partial charge in [-0.05, 0) is 18.9 Å². The normalized spacial score (nSPS) is 25.1. The highest BCUT2D eigenvalue weighted by molar-refractivity contribution is 5.83. The molecule has 2 rings (SSSR count). The van der Waals surface area contributed by atoms with Gasteiger partial charge in [0.15, 0.2) is 0 Å². The summed E-state index contributed by atoms with van der Waals surface area (Å²) in [6, 6.07) is 8.93. The number of carbonyl (C=O) groups excluding carboxylic acids is 1. The fraction of sp³-hybridized carbons (Fsp3) is 0.533. The van der Waals surface area contributed by atoms with Gasteiger partial charge in [-0.2, -0.15) is 0 Å². The highest BCUT2D eigenvalue weighted by Crippen LogP contribution is 2.18. The minimum absolute atomic E-state index is 0.0141. The Labute approximate surface area is 114 Å². The van der Waals surface area contributed by atoms with Crippen molar-refractivity contribution in [3.05, 3.63) is 35.9 Å². The minimum atomic E-state index is -0.580. The second-order valence-electron chi connectivity index (χ2n) is 5.11. The van der Waals surface area contributed by atoms with Gasteiger partial charge in [-0.1, -0.05) is 37.3 Å². The molecule has 104 valence electrons. The average molecular weight is 262 g/mol. The molecule has 0 aromatic heterocycles. The molecule has 0 radical (unpaired) electrons. The molecular formula is C15H22N2O2. The summed E-state index contributed by atoms with van der Waals surface area (Å²) in [6.45, 7) is 5.33. The van der Waals surface area contributed by atoms with Crippen LogP contribution in [0.3, 0.4) is 0 Å². The van der Waals surface area contributed by atoms with Gasteiger partial charge < -0.3 is 15.4 Å². The number of amides is 1. The van der Waals surface area contributed by atoms with E-state index in [4.69, 9.17) is 10.5 Å². The summed E-state index contributed by atoms with van der Waals surface area (Å²) < 4.78 is 5.77. The lowest BCUT2D eigenvalue weighted by Gasteiger charge is -2.37. The van der Waals surface area contributed by atoms with E-state index in [1.807, 2.05) is 42.2 Å². The van der Waals surface area contributed by atoms with E-state index in [0.29, 0.717) is 13.1 Å². The lowest BCUT2D eigenvalue weighted by molar-refractivity contribution is -0.146. The van der Waals surface area contributed by atoms with Gasteiger partial charge in [0.2, 0.25) is 5.91 Å². The van der Waals surface area contributed by atoms with Crippen LogP contribution in [0.1, 0.15) is 31.9 Å². The van der Waals surface area contributed by atoms with Crippen LogP contribution in [0.2, 0.25) is 0 Å². The van der Waals surface area contributed by atoms with Gasteiger partial charge in [0, 0.05) is 13.1 Å². The number of carbonyl (C=O) groups is 1. The van der Waals surface area contributed by atoms with E-state index in [-0.39, 0.29) is 18.1 Å². The SMILES string of the molecule is CC[C@@H]1CN(C(=O)[C@H](N)c2ccccc2)C[C@@H](C)O1. The molecule has 1 fully saturated rings. The van der Waals surface area contributed by atoms with Crippen molar-refractivity contribution < 1.29 is 9.53 Å². The lowest BCUT2D eigenvalue weighted by atomic mass is 10.1. The predicted molar refractivity (Wildman–Crippen MR) is 74.6 cm³/mol. The molecule has 4 nitrogen and oxygen atoms in total. The number of nitrogens with zero attached hydrogens (tertiary/aromatic N) is 1. The fourth-order valence-corrected chi connectivity index (χ4v) is 2.45. The summed E-state index contributed by atoms with van der Waals surface area (Å²) in [5.74, 6) is -0.0141. The number of benzene rings is 1. The Balaban J connectivity index is 2.06. The molecule has 1 aromatic rings. The van der Waals surface area contributed by atoms with E-state index in [9.17, 15) is 4.79 Å². The molecule has 2 N–H and O–H groups in total. The van der Waals surface area contributed by atoms with Crippen molar-refractivity contribution in [1.82, 2.24) is 4.90 Å². The zero-order valence-electron chi connectivity index (χ0n) is 11.6. The van der Waals surface area contributed by atoms with E-state index < -0.39 is 6.04 Å². The third-order valence-corrected chi connectivity index (χ3v) is 3.52. The Bertz CT molecular complexity index is 421. The zero-order valence-corrected chi connectivity index (χ0v) is 11.6. The van der Waals surface area contributed by atoms with Crippen LogP contribution in [-0.2, 0) is 9.53 Å². The molecule has 1 saturated heterocycles. The van der Waals surface area contributed by atoms with Gasteiger partial charge in [0.1, 0.15) is 6.04 Å². The molecule has 3 atom stereocenters. The van der Waals surface area contributed by atoms with Crippen molar-refractivity contribution in [3.63, 3.8) is 0 Å². The van der Waals surface area contributed by atoms with E-state index in [1.165, 1.54) is 0 Å². The van der Waals surface area contributed by atoms with Crippen LogP contribution in [0.5, 0.6) is 0 Å². The highest BCUT2D eigenvalue weighted by atomic mass is 16.5. The molecule has 0 saturated carbocycles. The van der Waals surface area contributed by atoms with Gasteiger partial charge in [0.05, 0.1) is 12.2 Å². The Hall–Kier alpha value is -1.39. The number of morpholine rings is 1. The second-order valence-corrected chi connectivity index (χ2v) is 5.11. The summed E-state index contributed by atoms with van der Waals surface area (Å²) in [6.07, 6.45) is 1.11. The Kier molecular flexibility index (Phi) is 4.56. The van der Waals surface area contributed by atoms with Gasteiger partial charge in [-0.15, -0.1) is 0 Å². The van der Waals surface area contributed by atoms with Gasteiger partial charge >= 0.3 is 0 Å². The van der Waals surface area contributed by atoms with Crippen molar-refractivity contribution in [3.8, 4) is 0 Å². The largest absolute Gasteiger partial charge is 0.372 e. The van der Waals surface area contributed by atoms with Crippen LogP contribution in [0.4, 0.5) is 0 Å². The van der Waals surface area contributed by atoms with Crippen LogP contribution in [0, 0.1) is 0 Å². The van der Waals surface area contributed by atoms with Crippen LogP contribution in [0.25, 0.3) is 0 Å². The van der Waals surface area contributed by atoms with E-state index >= 15 is 0 Å². The molecular weight excluding hydrogens is 240 g/mol. The number of nitrogens with two attached hydrogens (primary N) is 1. The van der Waals surface area contributed by atoms with Gasteiger partial charge in [-0.25, -0.2) is 0 Å². The lowest BCUT2D eigenvalue weighted by Crippen LogP contribution is -2.51. The number of ether oxygens (including phenoxy) is 1. The monoisotopic (exact) mass is 262 g/mol. The molecule has 0 aliphatic carbocycles. The first-order valence-corrected chi connectivity index (χ1v) is 6.86. The standard InChI is InChI=1S/C15H22N2O2/c1-3-13-10-17(9-11(2)19-13)15(18)14(16)12-7-5-4-6-8-12/h4-8,11,13-14H,3,9-10,16H2,1-2H3/t11-,13-,14-/m1/s1. The minimum Gasteiger partial charge on any atom is -0.372 e. The first kappa shape index (κ1) is 14.0. The van der Waals surface area contributed by atoms with Crippen LogP contribution in [-0.4, -0.2) is 36.1 Å². The predicted octanol–water partition coefficient (Wildman–Crippen LogP) is 1.71. The van der Waals surface area contributed by atoms with Crippen molar-refractivity contribution in [1.29, 1.82) is 0 Å². The highest BCUT2D eigenvalue weighted by Gasteiger charge is 2.30. The number of hydrogen-bond donors (Lipinski definition) is 1. The molecule has 0 unspecified atom stereocenters. The molecule has 1 aliphatic rings. The third kappa shape index (κ3) is 3.33.